The molecule has 0 amide bonds. The van der Waals surface area contributed by atoms with Gasteiger partial charge in [0.15, 0.2) is 5.15 Å². The van der Waals surface area contributed by atoms with E-state index >= 15 is 0 Å². The van der Waals surface area contributed by atoms with Gasteiger partial charge in [0.2, 0.25) is 0 Å². The zero-order chi connectivity index (χ0) is 10.7. The summed E-state index contributed by atoms with van der Waals surface area (Å²) in [5.41, 5.74) is 0.991. The molecule has 0 aliphatic heterocycles. The first-order valence-electron chi connectivity index (χ1n) is 4.06. The van der Waals surface area contributed by atoms with Crippen molar-refractivity contribution in [2.75, 3.05) is 0 Å². The lowest BCUT2D eigenvalue weighted by Gasteiger charge is -2.02. The van der Waals surface area contributed by atoms with E-state index in [0.717, 1.165) is 5.57 Å². The zero-order valence-electron chi connectivity index (χ0n) is 7.92. The first kappa shape index (κ1) is 11.5. The highest BCUT2D eigenvalue weighted by Gasteiger charge is 2.05. The van der Waals surface area contributed by atoms with Gasteiger partial charge in [0.05, 0.1) is 6.33 Å². The third kappa shape index (κ3) is 2.69. The fraction of sp³-hybridized carbons (Fsp3) is 0.333. The highest BCUT2D eigenvalue weighted by atomic mass is 79.9. The molecular weight excluding hydrogens is 267 g/mol. The molecule has 0 saturated heterocycles. The summed E-state index contributed by atoms with van der Waals surface area (Å²) >= 11 is 8.75. The minimum Gasteiger partial charge on any atom is -0.294 e. The van der Waals surface area contributed by atoms with Gasteiger partial charge in [-0.2, -0.15) is 0 Å². The number of halogens is 2. The number of hydrogen-bond acceptors (Lipinski definition) is 2. The maximum absolute atomic E-state index is 11.6. The molecule has 0 aliphatic rings. The quantitative estimate of drug-likeness (QED) is 0.615. The molecule has 0 saturated carbocycles. The van der Waals surface area contributed by atoms with Gasteiger partial charge in [0, 0.05) is 6.54 Å². The monoisotopic (exact) mass is 276 g/mol. The van der Waals surface area contributed by atoms with Crippen molar-refractivity contribution in [1.29, 1.82) is 0 Å². The second kappa shape index (κ2) is 4.75. The van der Waals surface area contributed by atoms with E-state index in [2.05, 4.69) is 20.9 Å². The number of nitrogens with zero attached hydrogens (tertiary/aromatic N) is 2. The van der Waals surface area contributed by atoms with Gasteiger partial charge in [-0.3, -0.25) is 9.36 Å². The van der Waals surface area contributed by atoms with Crippen molar-refractivity contribution in [1.82, 2.24) is 9.55 Å². The molecule has 5 heteroatoms. The Labute approximate surface area is 95.5 Å². The van der Waals surface area contributed by atoms with Gasteiger partial charge >= 0.3 is 0 Å². The van der Waals surface area contributed by atoms with Crippen LogP contribution in [0.4, 0.5) is 0 Å². The van der Waals surface area contributed by atoms with Crippen LogP contribution >= 0.6 is 27.5 Å². The lowest BCUT2D eigenvalue weighted by atomic mass is 10.3. The molecule has 0 bridgehead atoms. The predicted octanol–water partition coefficient (Wildman–Crippen LogP) is 2.63. The first-order chi connectivity index (χ1) is 6.52. The molecule has 0 atom stereocenters. The Morgan fingerprint density at radius 3 is 2.93 bits per heavy atom. The average Bonchev–Trinajstić information content (AvgIpc) is 2.13. The normalized spacial score (nSPS) is 10.0. The molecule has 3 nitrogen and oxygen atoms in total. The van der Waals surface area contributed by atoms with E-state index in [1.54, 1.807) is 0 Å². The van der Waals surface area contributed by atoms with E-state index in [1.165, 1.54) is 10.9 Å². The van der Waals surface area contributed by atoms with Gasteiger partial charge in [-0.05, 0) is 29.8 Å². The molecule has 0 radical (unpaired) electrons. The number of aromatic nitrogens is 2. The molecule has 0 aliphatic carbocycles. The van der Waals surface area contributed by atoms with E-state index in [4.69, 9.17) is 11.6 Å². The molecule has 76 valence electrons. The number of allylic oxidation sites excluding steroid dienone is 2. The van der Waals surface area contributed by atoms with Gasteiger partial charge in [0.1, 0.15) is 4.47 Å². The molecule has 1 aromatic rings. The topological polar surface area (TPSA) is 34.9 Å². The van der Waals surface area contributed by atoms with Gasteiger partial charge in [-0.1, -0.05) is 23.3 Å². The Morgan fingerprint density at radius 1 is 1.71 bits per heavy atom. The summed E-state index contributed by atoms with van der Waals surface area (Å²) in [6, 6.07) is 0. The highest BCUT2D eigenvalue weighted by Crippen LogP contribution is 2.13. The lowest BCUT2D eigenvalue weighted by molar-refractivity contribution is 0.744. The van der Waals surface area contributed by atoms with E-state index in [1.807, 2.05) is 19.9 Å². The molecule has 1 rings (SSSR count). The van der Waals surface area contributed by atoms with Crippen LogP contribution in [0.15, 0.2) is 27.2 Å². The summed E-state index contributed by atoms with van der Waals surface area (Å²) in [5, 5.41) is 0.198. The number of rotatable bonds is 2. The zero-order valence-corrected chi connectivity index (χ0v) is 10.3. The van der Waals surface area contributed by atoms with Crippen LogP contribution in [0, 0.1) is 0 Å². The third-order valence-corrected chi connectivity index (χ3v) is 2.87. The maximum atomic E-state index is 11.6. The van der Waals surface area contributed by atoms with Gasteiger partial charge in [0.25, 0.3) is 5.56 Å². The SMILES string of the molecule is CC(C)=CCn1cnc(Cl)c(Br)c1=O. The van der Waals surface area contributed by atoms with Gasteiger partial charge < -0.3 is 0 Å². The largest absolute Gasteiger partial charge is 0.294 e. The van der Waals surface area contributed by atoms with Crippen molar-refractivity contribution < 1.29 is 0 Å². The molecule has 14 heavy (non-hydrogen) atoms. The van der Waals surface area contributed by atoms with Crippen LogP contribution in [-0.2, 0) is 6.54 Å². The summed E-state index contributed by atoms with van der Waals surface area (Å²) < 4.78 is 1.80. The Bertz CT molecular complexity index is 421. The average molecular weight is 278 g/mol. The second-order valence-electron chi connectivity index (χ2n) is 3.09. The molecule has 0 N–H and O–H groups in total. The summed E-state index contributed by atoms with van der Waals surface area (Å²) in [6.45, 7) is 4.47. The van der Waals surface area contributed by atoms with Crippen LogP contribution in [0.1, 0.15) is 13.8 Å². The molecular formula is C9H10BrClN2O. The van der Waals surface area contributed by atoms with E-state index in [-0.39, 0.29) is 10.7 Å². The van der Waals surface area contributed by atoms with E-state index in [9.17, 15) is 4.79 Å². The first-order valence-corrected chi connectivity index (χ1v) is 5.23. The Kier molecular flexibility index (Phi) is 3.89. The van der Waals surface area contributed by atoms with Crippen LogP contribution in [0.2, 0.25) is 5.15 Å². The second-order valence-corrected chi connectivity index (χ2v) is 4.24. The summed E-state index contributed by atoms with van der Waals surface area (Å²) in [7, 11) is 0. The Balaban J connectivity index is 3.07. The highest BCUT2D eigenvalue weighted by molar-refractivity contribution is 9.10. The summed E-state index contributed by atoms with van der Waals surface area (Å²) in [4.78, 5) is 15.4. The minimum atomic E-state index is -0.164. The summed E-state index contributed by atoms with van der Waals surface area (Å²) in [5.74, 6) is 0. The Hall–Kier alpha value is -0.610. The van der Waals surface area contributed by atoms with Crippen molar-refractivity contribution in [2.24, 2.45) is 0 Å². The molecule has 0 unspecified atom stereocenters. The van der Waals surface area contributed by atoms with Crippen molar-refractivity contribution in [2.45, 2.75) is 20.4 Å². The van der Waals surface area contributed by atoms with Crippen molar-refractivity contribution in [3.63, 3.8) is 0 Å². The third-order valence-electron chi connectivity index (χ3n) is 1.64. The van der Waals surface area contributed by atoms with Crippen LogP contribution in [0.25, 0.3) is 0 Å². The fourth-order valence-electron chi connectivity index (χ4n) is 0.855. The van der Waals surface area contributed by atoms with Crippen molar-refractivity contribution >= 4 is 27.5 Å². The van der Waals surface area contributed by atoms with Crippen molar-refractivity contribution in [3.8, 4) is 0 Å². The standard InChI is InChI=1S/C9H10BrClN2O/c1-6(2)3-4-13-5-12-8(11)7(10)9(13)14/h3,5H,4H2,1-2H3. The summed E-state index contributed by atoms with van der Waals surface area (Å²) in [6.07, 6.45) is 3.39. The van der Waals surface area contributed by atoms with Crippen LogP contribution in [0.3, 0.4) is 0 Å². The molecule has 0 fully saturated rings. The molecule has 1 aromatic heterocycles. The van der Waals surface area contributed by atoms with Gasteiger partial charge in [-0.15, -0.1) is 0 Å². The van der Waals surface area contributed by atoms with Crippen LogP contribution in [-0.4, -0.2) is 9.55 Å². The fourth-order valence-corrected chi connectivity index (χ4v) is 1.31. The maximum Gasteiger partial charge on any atom is 0.269 e. The molecule has 0 aromatic carbocycles. The number of hydrogen-bond donors (Lipinski definition) is 0. The van der Waals surface area contributed by atoms with Crippen LogP contribution in [0.5, 0.6) is 0 Å². The molecule has 0 spiro atoms. The Morgan fingerprint density at radius 2 is 2.36 bits per heavy atom. The van der Waals surface area contributed by atoms with Crippen LogP contribution < -0.4 is 5.56 Å². The smallest absolute Gasteiger partial charge is 0.269 e. The van der Waals surface area contributed by atoms with E-state index < -0.39 is 0 Å². The van der Waals surface area contributed by atoms with E-state index in [0.29, 0.717) is 11.0 Å². The lowest BCUT2D eigenvalue weighted by Crippen LogP contribution is -2.20. The predicted molar refractivity (Wildman–Crippen MR) is 60.6 cm³/mol. The molecule has 1 heterocycles. The minimum absolute atomic E-state index is 0.164. The van der Waals surface area contributed by atoms with Gasteiger partial charge in [-0.25, -0.2) is 4.98 Å². The van der Waals surface area contributed by atoms with Crippen molar-refractivity contribution in [3.05, 3.63) is 38.0 Å².